The van der Waals surface area contributed by atoms with Crippen molar-refractivity contribution in [1.29, 1.82) is 0 Å². The van der Waals surface area contributed by atoms with Crippen molar-refractivity contribution >= 4 is 15.9 Å². The zero-order valence-electron chi connectivity index (χ0n) is 13.0. The summed E-state index contributed by atoms with van der Waals surface area (Å²) in [4.78, 5) is 2.62. The number of halogens is 1. The van der Waals surface area contributed by atoms with Crippen molar-refractivity contribution in [2.24, 2.45) is 11.1 Å². The van der Waals surface area contributed by atoms with Crippen LogP contribution < -0.4 is 5.73 Å². The van der Waals surface area contributed by atoms with Crippen LogP contribution in [0.15, 0.2) is 22.7 Å². The molecule has 2 nitrogen and oxygen atoms in total. The van der Waals surface area contributed by atoms with E-state index in [9.17, 15) is 0 Å². The number of rotatable bonds is 5. The number of fused-ring (bicyclic) bond motifs is 1. The number of aryl methyl sites for hydroxylation is 1. The van der Waals surface area contributed by atoms with Gasteiger partial charge in [0, 0.05) is 17.1 Å². The lowest BCUT2D eigenvalue weighted by Gasteiger charge is -2.39. The molecule has 2 N–H and O–H groups in total. The Hall–Kier alpha value is -0.380. The van der Waals surface area contributed by atoms with Crippen molar-refractivity contribution in [3.05, 3.63) is 33.8 Å². The molecule has 0 spiro atoms. The van der Waals surface area contributed by atoms with Crippen LogP contribution in [0.5, 0.6) is 0 Å². The van der Waals surface area contributed by atoms with Gasteiger partial charge in [0.1, 0.15) is 0 Å². The lowest BCUT2D eigenvalue weighted by Crippen LogP contribution is -2.46. The minimum absolute atomic E-state index is 0.204. The summed E-state index contributed by atoms with van der Waals surface area (Å²) in [5, 5.41) is 0. The van der Waals surface area contributed by atoms with Crippen LogP contribution in [-0.2, 0) is 12.8 Å². The van der Waals surface area contributed by atoms with Crippen LogP contribution in [0.2, 0.25) is 0 Å². The van der Waals surface area contributed by atoms with Gasteiger partial charge in [-0.05, 0) is 61.0 Å². The number of benzene rings is 1. The quantitative estimate of drug-likeness (QED) is 0.888. The number of hydrogen-bond donors (Lipinski definition) is 1. The lowest BCUT2D eigenvalue weighted by molar-refractivity contribution is 0.128. The second kappa shape index (κ2) is 6.59. The normalized spacial score (nSPS) is 19.2. The standard InChI is InChI=1S/C17H27BrN2/c1-4-20(12-17(2,3)11-19)16-8-6-13-9-15(18)7-5-14(13)10-16/h5,7,9,16H,4,6,8,10-12,19H2,1-3H3. The molecule has 1 aromatic carbocycles. The van der Waals surface area contributed by atoms with Crippen LogP contribution >= 0.6 is 15.9 Å². The molecule has 1 unspecified atom stereocenters. The first-order valence-electron chi connectivity index (χ1n) is 7.66. The summed E-state index contributed by atoms with van der Waals surface area (Å²) >= 11 is 3.57. The zero-order valence-corrected chi connectivity index (χ0v) is 14.5. The van der Waals surface area contributed by atoms with Crippen LogP contribution in [0, 0.1) is 5.41 Å². The Labute approximate surface area is 131 Å². The number of hydrogen-bond acceptors (Lipinski definition) is 2. The van der Waals surface area contributed by atoms with E-state index in [0.29, 0.717) is 6.04 Å². The molecule has 3 heteroatoms. The van der Waals surface area contributed by atoms with Gasteiger partial charge >= 0.3 is 0 Å². The summed E-state index contributed by atoms with van der Waals surface area (Å²) in [6, 6.07) is 7.40. The highest BCUT2D eigenvalue weighted by atomic mass is 79.9. The second-order valence-corrected chi connectivity index (χ2v) is 7.66. The summed E-state index contributed by atoms with van der Waals surface area (Å²) in [5.41, 5.74) is 9.14. The molecule has 0 heterocycles. The summed E-state index contributed by atoms with van der Waals surface area (Å²) in [7, 11) is 0. The van der Waals surface area contributed by atoms with Crippen LogP contribution in [0.4, 0.5) is 0 Å². The Morgan fingerprint density at radius 1 is 1.35 bits per heavy atom. The fraction of sp³-hybridized carbons (Fsp3) is 0.647. The van der Waals surface area contributed by atoms with Crippen molar-refractivity contribution < 1.29 is 0 Å². The third-order valence-electron chi connectivity index (χ3n) is 4.48. The molecule has 1 aliphatic carbocycles. The number of likely N-dealkylation sites (N-methyl/N-ethyl adjacent to an activating group) is 1. The van der Waals surface area contributed by atoms with E-state index in [2.05, 4.69) is 59.8 Å². The van der Waals surface area contributed by atoms with Crippen molar-refractivity contribution in [2.75, 3.05) is 19.6 Å². The molecule has 0 saturated heterocycles. The molecule has 2 rings (SSSR count). The van der Waals surface area contributed by atoms with Crippen molar-refractivity contribution in [3.63, 3.8) is 0 Å². The highest BCUT2D eigenvalue weighted by Gasteiger charge is 2.27. The third-order valence-corrected chi connectivity index (χ3v) is 4.97. The second-order valence-electron chi connectivity index (χ2n) is 6.74. The number of nitrogens with zero attached hydrogens (tertiary/aromatic N) is 1. The fourth-order valence-corrected chi connectivity index (χ4v) is 3.54. The first kappa shape index (κ1) is 16.0. The maximum Gasteiger partial charge on any atom is 0.0178 e. The lowest BCUT2D eigenvalue weighted by atomic mass is 9.85. The van der Waals surface area contributed by atoms with E-state index in [4.69, 9.17) is 5.73 Å². The van der Waals surface area contributed by atoms with Gasteiger partial charge in [-0.2, -0.15) is 0 Å². The smallest absolute Gasteiger partial charge is 0.0178 e. The van der Waals surface area contributed by atoms with E-state index in [1.807, 2.05) is 0 Å². The minimum Gasteiger partial charge on any atom is -0.330 e. The van der Waals surface area contributed by atoms with Crippen LogP contribution in [0.1, 0.15) is 38.3 Å². The summed E-state index contributed by atoms with van der Waals surface area (Å²) in [5.74, 6) is 0. The maximum atomic E-state index is 5.90. The molecule has 0 aromatic heterocycles. The van der Waals surface area contributed by atoms with E-state index in [1.54, 1.807) is 0 Å². The molecular weight excluding hydrogens is 312 g/mol. The average molecular weight is 339 g/mol. The average Bonchev–Trinajstić information content (AvgIpc) is 2.44. The first-order valence-corrected chi connectivity index (χ1v) is 8.46. The highest BCUT2D eigenvalue weighted by molar-refractivity contribution is 9.10. The zero-order chi connectivity index (χ0) is 14.8. The summed E-state index contributed by atoms with van der Waals surface area (Å²) in [6.07, 6.45) is 3.63. The fourth-order valence-electron chi connectivity index (χ4n) is 3.13. The Morgan fingerprint density at radius 2 is 2.10 bits per heavy atom. The number of nitrogens with two attached hydrogens (primary N) is 1. The van der Waals surface area contributed by atoms with Gasteiger partial charge in [0.15, 0.2) is 0 Å². The van der Waals surface area contributed by atoms with Gasteiger partial charge in [-0.25, -0.2) is 0 Å². The van der Waals surface area contributed by atoms with Gasteiger partial charge in [-0.1, -0.05) is 42.8 Å². The van der Waals surface area contributed by atoms with E-state index in [1.165, 1.54) is 34.9 Å². The molecule has 0 fully saturated rings. The molecule has 0 radical (unpaired) electrons. The van der Waals surface area contributed by atoms with E-state index in [0.717, 1.165) is 19.6 Å². The van der Waals surface area contributed by atoms with Crippen molar-refractivity contribution in [1.82, 2.24) is 4.90 Å². The van der Waals surface area contributed by atoms with Crippen LogP contribution in [0.25, 0.3) is 0 Å². The topological polar surface area (TPSA) is 29.3 Å². The SMILES string of the molecule is CCN(CC(C)(C)CN)C1CCc2cc(Br)ccc2C1. The molecule has 0 bridgehead atoms. The van der Waals surface area contributed by atoms with Gasteiger partial charge in [0.2, 0.25) is 0 Å². The molecule has 1 aromatic rings. The predicted octanol–water partition coefficient (Wildman–Crippen LogP) is 3.61. The van der Waals surface area contributed by atoms with Crippen LogP contribution in [0.3, 0.4) is 0 Å². The predicted molar refractivity (Wildman–Crippen MR) is 90.0 cm³/mol. The summed E-state index contributed by atoms with van der Waals surface area (Å²) in [6.45, 7) is 9.76. The van der Waals surface area contributed by atoms with Crippen LogP contribution in [-0.4, -0.2) is 30.6 Å². The maximum absolute atomic E-state index is 5.90. The van der Waals surface area contributed by atoms with Gasteiger partial charge < -0.3 is 5.73 Å². The minimum atomic E-state index is 0.204. The van der Waals surface area contributed by atoms with Crippen molar-refractivity contribution in [2.45, 2.75) is 46.1 Å². The molecule has 0 saturated carbocycles. The van der Waals surface area contributed by atoms with Crippen molar-refractivity contribution in [3.8, 4) is 0 Å². The van der Waals surface area contributed by atoms with E-state index < -0.39 is 0 Å². The monoisotopic (exact) mass is 338 g/mol. The van der Waals surface area contributed by atoms with Gasteiger partial charge in [-0.3, -0.25) is 4.90 Å². The molecule has 112 valence electrons. The van der Waals surface area contributed by atoms with Gasteiger partial charge in [0.05, 0.1) is 0 Å². The Morgan fingerprint density at radius 3 is 2.75 bits per heavy atom. The Kier molecular flexibility index (Phi) is 5.27. The molecule has 20 heavy (non-hydrogen) atoms. The van der Waals surface area contributed by atoms with E-state index >= 15 is 0 Å². The molecule has 1 aliphatic rings. The summed E-state index contributed by atoms with van der Waals surface area (Å²) < 4.78 is 1.20. The largest absolute Gasteiger partial charge is 0.330 e. The molecular formula is C17H27BrN2. The Balaban J connectivity index is 2.08. The van der Waals surface area contributed by atoms with E-state index in [-0.39, 0.29) is 5.41 Å². The van der Waals surface area contributed by atoms with Gasteiger partial charge in [-0.15, -0.1) is 0 Å². The Bertz CT molecular complexity index is 456. The molecule has 0 aliphatic heterocycles. The molecule has 1 atom stereocenters. The first-order chi connectivity index (χ1) is 9.45. The van der Waals surface area contributed by atoms with Gasteiger partial charge in [0.25, 0.3) is 0 Å². The molecule has 0 amide bonds. The highest BCUT2D eigenvalue weighted by Crippen LogP contribution is 2.28. The third kappa shape index (κ3) is 3.84.